The molecular formula is C27H52O5. The van der Waals surface area contributed by atoms with Gasteiger partial charge in [-0.1, -0.05) is 96.8 Å². The summed E-state index contributed by atoms with van der Waals surface area (Å²) in [7, 11) is 0. The molecule has 0 N–H and O–H groups in total. The first-order valence-electron chi connectivity index (χ1n) is 13.3. The van der Waals surface area contributed by atoms with E-state index < -0.39 is 5.60 Å². The van der Waals surface area contributed by atoms with Gasteiger partial charge in [-0.25, -0.2) is 0 Å². The van der Waals surface area contributed by atoms with Gasteiger partial charge in [-0.05, 0) is 27.2 Å². The number of carbonyl (C=O) groups excluding carboxylic acids is 2. The molecule has 190 valence electrons. The Balaban J connectivity index is 3.26. The second kappa shape index (κ2) is 21.7. The van der Waals surface area contributed by atoms with Crippen molar-refractivity contribution in [2.75, 3.05) is 19.8 Å². The number of carbonyl (C=O) groups is 2. The second-order valence-corrected chi connectivity index (χ2v) is 9.87. The Labute approximate surface area is 198 Å². The topological polar surface area (TPSA) is 61.8 Å². The van der Waals surface area contributed by atoms with Crippen LogP contribution in [0, 0.1) is 0 Å². The lowest BCUT2D eigenvalue weighted by Crippen LogP contribution is -2.24. The van der Waals surface area contributed by atoms with E-state index in [0.717, 1.165) is 12.8 Å². The highest BCUT2D eigenvalue weighted by Crippen LogP contribution is 2.14. The molecule has 0 atom stereocenters. The van der Waals surface area contributed by atoms with E-state index in [9.17, 15) is 9.59 Å². The van der Waals surface area contributed by atoms with Crippen molar-refractivity contribution in [2.45, 2.75) is 142 Å². The molecule has 0 amide bonds. The third-order valence-corrected chi connectivity index (χ3v) is 5.35. The van der Waals surface area contributed by atoms with Crippen LogP contribution < -0.4 is 0 Å². The van der Waals surface area contributed by atoms with Crippen LogP contribution in [0.2, 0.25) is 0 Å². The summed E-state index contributed by atoms with van der Waals surface area (Å²) in [5.41, 5.74) is -0.473. The van der Waals surface area contributed by atoms with Gasteiger partial charge in [0.25, 0.3) is 0 Å². The van der Waals surface area contributed by atoms with Crippen molar-refractivity contribution in [1.82, 2.24) is 0 Å². The zero-order valence-electron chi connectivity index (χ0n) is 21.7. The smallest absolute Gasteiger partial charge is 0.308 e. The summed E-state index contributed by atoms with van der Waals surface area (Å²) in [6.45, 7) is 8.62. The molecule has 0 aromatic heterocycles. The van der Waals surface area contributed by atoms with Gasteiger partial charge in [-0.2, -0.15) is 0 Å². The molecule has 0 aliphatic rings. The van der Waals surface area contributed by atoms with Gasteiger partial charge in [0.05, 0.1) is 19.6 Å². The van der Waals surface area contributed by atoms with E-state index in [-0.39, 0.29) is 31.6 Å². The van der Waals surface area contributed by atoms with E-state index >= 15 is 0 Å². The Morgan fingerprint density at radius 3 is 1.50 bits per heavy atom. The molecule has 0 saturated carbocycles. The lowest BCUT2D eigenvalue weighted by atomic mass is 10.0. The van der Waals surface area contributed by atoms with Gasteiger partial charge in [-0.15, -0.1) is 0 Å². The molecule has 0 rings (SSSR count). The molecule has 0 aromatic carbocycles. The molecule has 0 radical (unpaired) electrons. The maximum absolute atomic E-state index is 11.7. The van der Waals surface area contributed by atoms with E-state index in [1.54, 1.807) is 0 Å². The van der Waals surface area contributed by atoms with E-state index in [1.807, 2.05) is 20.8 Å². The van der Waals surface area contributed by atoms with Gasteiger partial charge >= 0.3 is 11.9 Å². The van der Waals surface area contributed by atoms with Crippen molar-refractivity contribution in [3.8, 4) is 0 Å². The third kappa shape index (κ3) is 25.2. The first-order valence-corrected chi connectivity index (χ1v) is 13.3. The third-order valence-electron chi connectivity index (χ3n) is 5.35. The van der Waals surface area contributed by atoms with Gasteiger partial charge in [0.1, 0.15) is 12.2 Å². The number of ether oxygens (including phenoxy) is 3. The van der Waals surface area contributed by atoms with E-state index in [2.05, 4.69) is 6.92 Å². The highest BCUT2D eigenvalue weighted by molar-refractivity contribution is 5.70. The summed E-state index contributed by atoms with van der Waals surface area (Å²) in [6, 6.07) is 0. The number of hydrogen-bond donors (Lipinski definition) is 0. The van der Waals surface area contributed by atoms with Crippen LogP contribution in [0.25, 0.3) is 0 Å². The van der Waals surface area contributed by atoms with Crippen LogP contribution in [0.1, 0.15) is 137 Å². The molecule has 0 aliphatic heterocycles. The molecular weight excluding hydrogens is 404 g/mol. The van der Waals surface area contributed by atoms with Crippen LogP contribution in [0.3, 0.4) is 0 Å². The summed E-state index contributed by atoms with van der Waals surface area (Å²) in [5, 5.41) is 0. The van der Waals surface area contributed by atoms with Crippen molar-refractivity contribution < 1.29 is 23.8 Å². The minimum atomic E-state index is -0.473. The molecule has 0 fully saturated rings. The SMILES string of the molecule is CCCCCCCCCCCCCCCCCC(=O)OCCOCCC(=O)OC(C)(C)C. The first kappa shape index (κ1) is 30.9. The molecule has 0 heterocycles. The standard InChI is InChI=1S/C27H52O5/c1-5-6-7-8-9-10-11-12-13-14-15-16-17-18-19-20-25(28)31-24-23-30-22-21-26(29)32-27(2,3)4/h5-24H2,1-4H3. The average molecular weight is 457 g/mol. The second-order valence-electron chi connectivity index (χ2n) is 9.87. The number of rotatable bonds is 22. The Bertz CT molecular complexity index is 442. The molecule has 5 nitrogen and oxygen atoms in total. The summed E-state index contributed by atoms with van der Waals surface area (Å²) >= 11 is 0. The fourth-order valence-corrected chi connectivity index (χ4v) is 3.58. The lowest BCUT2D eigenvalue weighted by Gasteiger charge is -2.19. The van der Waals surface area contributed by atoms with Crippen LogP contribution in [0.5, 0.6) is 0 Å². The maximum atomic E-state index is 11.7. The maximum Gasteiger partial charge on any atom is 0.308 e. The van der Waals surface area contributed by atoms with E-state index in [1.165, 1.54) is 83.5 Å². The highest BCUT2D eigenvalue weighted by Gasteiger charge is 2.15. The van der Waals surface area contributed by atoms with Crippen LogP contribution >= 0.6 is 0 Å². The predicted molar refractivity (Wildman–Crippen MR) is 132 cm³/mol. The quantitative estimate of drug-likeness (QED) is 0.124. The predicted octanol–water partition coefficient (Wildman–Crippen LogP) is 7.54. The molecule has 0 aromatic rings. The van der Waals surface area contributed by atoms with Crippen molar-refractivity contribution in [2.24, 2.45) is 0 Å². The van der Waals surface area contributed by atoms with E-state index in [0.29, 0.717) is 13.0 Å². The van der Waals surface area contributed by atoms with Gasteiger partial charge in [-0.3, -0.25) is 9.59 Å². The fraction of sp³-hybridized carbons (Fsp3) is 0.926. The first-order chi connectivity index (χ1) is 15.3. The average Bonchev–Trinajstić information content (AvgIpc) is 2.72. The fourth-order valence-electron chi connectivity index (χ4n) is 3.58. The Hall–Kier alpha value is -1.10. The zero-order valence-corrected chi connectivity index (χ0v) is 21.7. The highest BCUT2D eigenvalue weighted by atomic mass is 16.6. The molecule has 5 heteroatoms. The molecule has 32 heavy (non-hydrogen) atoms. The van der Waals surface area contributed by atoms with Gasteiger partial charge in [0.2, 0.25) is 0 Å². The van der Waals surface area contributed by atoms with E-state index in [4.69, 9.17) is 14.2 Å². The van der Waals surface area contributed by atoms with Gasteiger partial charge in [0.15, 0.2) is 0 Å². The number of esters is 2. The summed E-state index contributed by atoms with van der Waals surface area (Å²) < 4.78 is 15.7. The molecule has 0 bridgehead atoms. The summed E-state index contributed by atoms with van der Waals surface area (Å²) in [6.07, 6.45) is 20.4. The lowest BCUT2D eigenvalue weighted by molar-refractivity contribution is -0.156. The largest absolute Gasteiger partial charge is 0.463 e. The minimum Gasteiger partial charge on any atom is -0.463 e. The van der Waals surface area contributed by atoms with Crippen molar-refractivity contribution >= 4 is 11.9 Å². The Morgan fingerprint density at radius 2 is 1.03 bits per heavy atom. The van der Waals surface area contributed by atoms with Crippen LogP contribution in [0.4, 0.5) is 0 Å². The normalized spacial score (nSPS) is 11.5. The minimum absolute atomic E-state index is 0.157. The van der Waals surface area contributed by atoms with Crippen molar-refractivity contribution in [3.05, 3.63) is 0 Å². The van der Waals surface area contributed by atoms with Crippen molar-refractivity contribution in [3.63, 3.8) is 0 Å². The Morgan fingerprint density at radius 1 is 0.562 bits per heavy atom. The van der Waals surface area contributed by atoms with Gasteiger partial charge in [0, 0.05) is 6.42 Å². The van der Waals surface area contributed by atoms with Crippen LogP contribution in [-0.2, 0) is 23.8 Å². The summed E-state index contributed by atoms with van der Waals surface area (Å²) in [4.78, 5) is 23.3. The van der Waals surface area contributed by atoms with Crippen molar-refractivity contribution in [1.29, 1.82) is 0 Å². The van der Waals surface area contributed by atoms with Crippen LogP contribution in [0.15, 0.2) is 0 Å². The van der Waals surface area contributed by atoms with Gasteiger partial charge < -0.3 is 14.2 Å². The summed E-state index contributed by atoms with van der Waals surface area (Å²) in [5.74, 6) is -0.432. The number of hydrogen-bond acceptors (Lipinski definition) is 5. The monoisotopic (exact) mass is 456 g/mol. The molecule has 0 spiro atoms. The molecule has 0 aliphatic carbocycles. The molecule has 0 saturated heterocycles. The number of unbranched alkanes of at least 4 members (excludes halogenated alkanes) is 14. The Kier molecular flexibility index (Phi) is 21.0. The van der Waals surface area contributed by atoms with Crippen LogP contribution in [-0.4, -0.2) is 37.4 Å². The molecule has 0 unspecified atom stereocenters. The zero-order chi connectivity index (χ0) is 23.9.